The summed E-state index contributed by atoms with van der Waals surface area (Å²) in [6.07, 6.45) is 4.29. The highest BCUT2D eigenvalue weighted by Crippen LogP contribution is 2.29. The summed E-state index contributed by atoms with van der Waals surface area (Å²) in [5.74, 6) is 0.486. The molecule has 2 aromatic heterocycles. The van der Waals surface area contributed by atoms with Crippen molar-refractivity contribution < 1.29 is 4.79 Å². The third kappa shape index (κ3) is 4.20. The van der Waals surface area contributed by atoms with Gasteiger partial charge < -0.3 is 4.90 Å². The average Bonchev–Trinajstić information content (AvgIpc) is 3.35. The fourth-order valence-electron chi connectivity index (χ4n) is 3.90. The monoisotopic (exact) mass is 448 g/mol. The van der Waals surface area contributed by atoms with E-state index >= 15 is 0 Å². The summed E-state index contributed by atoms with van der Waals surface area (Å²) >= 11 is 13.9. The van der Waals surface area contributed by atoms with E-state index in [1.165, 1.54) is 0 Å². The molecule has 0 bridgehead atoms. The molecule has 3 heterocycles. The van der Waals surface area contributed by atoms with E-state index in [0.29, 0.717) is 22.4 Å². The van der Waals surface area contributed by atoms with E-state index in [1.807, 2.05) is 41.1 Å². The van der Waals surface area contributed by atoms with Crippen molar-refractivity contribution in [2.45, 2.75) is 39.0 Å². The lowest BCUT2D eigenvalue weighted by molar-refractivity contribution is -0.131. The molecule has 8 heteroatoms. The van der Waals surface area contributed by atoms with Gasteiger partial charge in [-0.2, -0.15) is 5.10 Å². The number of rotatable bonds is 4. The van der Waals surface area contributed by atoms with E-state index in [0.717, 1.165) is 53.6 Å². The van der Waals surface area contributed by atoms with Crippen LogP contribution in [0, 0.1) is 13.8 Å². The number of hydrogen-bond donors (Lipinski definition) is 0. The number of carbonyl (C=O) groups excluding carboxylic acids is 1. The normalized spacial score (nSPS) is 17.0. The van der Waals surface area contributed by atoms with Gasteiger partial charge in [0.15, 0.2) is 0 Å². The van der Waals surface area contributed by atoms with E-state index in [1.54, 1.807) is 23.5 Å². The smallest absolute Gasteiger partial charge is 0.227 e. The van der Waals surface area contributed by atoms with Crippen molar-refractivity contribution in [1.82, 2.24) is 19.7 Å². The van der Waals surface area contributed by atoms with Gasteiger partial charge in [-0.05, 0) is 44.9 Å². The first-order valence-corrected chi connectivity index (χ1v) is 11.2. The molecule has 1 fully saturated rings. The summed E-state index contributed by atoms with van der Waals surface area (Å²) in [5.41, 5.74) is 3.61. The fourth-order valence-corrected chi connectivity index (χ4v) is 4.96. The molecule has 3 aromatic rings. The summed E-state index contributed by atoms with van der Waals surface area (Å²) in [4.78, 5) is 19.5. The Hall–Kier alpha value is -1.89. The number of piperidine rings is 1. The molecule has 1 saturated heterocycles. The highest BCUT2D eigenvalue weighted by molar-refractivity contribution is 7.09. The van der Waals surface area contributed by atoms with Gasteiger partial charge in [0.1, 0.15) is 0 Å². The number of carbonyl (C=O) groups is 1. The van der Waals surface area contributed by atoms with Gasteiger partial charge in [0, 0.05) is 41.8 Å². The third-order valence-electron chi connectivity index (χ3n) is 5.49. The quantitative estimate of drug-likeness (QED) is 0.550. The van der Waals surface area contributed by atoms with E-state index < -0.39 is 0 Å². The van der Waals surface area contributed by atoms with Crippen LogP contribution >= 0.6 is 34.5 Å². The minimum absolute atomic E-state index is 0.145. The maximum absolute atomic E-state index is 13.1. The zero-order chi connectivity index (χ0) is 20.5. The van der Waals surface area contributed by atoms with Crippen molar-refractivity contribution in [2.75, 3.05) is 13.1 Å². The Morgan fingerprint density at radius 2 is 2.10 bits per heavy atom. The number of nitrogens with zero attached hydrogens (tertiary/aromatic N) is 4. The highest BCUT2D eigenvalue weighted by atomic mass is 35.5. The van der Waals surface area contributed by atoms with Crippen LogP contribution < -0.4 is 0 Å². The Labute approximate surface area is 184 Å². The molecule has 0 aliphatic carbocycles. The second kappa shape index (κ2) is 8.46. The zero-order valence-corrected chi connectivity index (χ0v) is 18.7. The van der Waals surface area contributed by atoms with E-state index in [2.05, 4.69) is 10.1 Å². The van der Waals surface area contributed by atoms with E-state index in [9.17, 15) is 4.79 Å². The first-order valence-electron chi connectivity index (χ1n) is 9.61. The first kappa shape index (κ1) is 20.4. The molecule has 1 amide bonds. The Morgan fingerprint density at radius 1 is 1.28 bits per heavy atom. The Balaban J connectivity index is 1.52. The van der Waals surface area contributed by atoms with Gasteiger partial charge in [0.05, 0.1) is 32.9 Å². The number of thiazole rings is 1. The van der Waals surface area contributed by atoms with Crippen LogP contribution in [0.15, 0.2) is 29.8 Å². The number of hydrogen-bond acceptors (Lipinski definition) is 4. The molecule has 29 heavy (non-hydrogen) atoms. The topological polar surface area (TPSA) is 51.0 Å². The molecule has 152 valence electrons. The van der Waals surface area contributed by atoms with Gasteiger partial charge in [-0.1, -0.05) is 23.2 Å². The second-order valence-electron chi connectivity index (χ2n) is 7.39. The summed E-state index contributed by atoms with van der Waals surface area (Å²) in [6, 6.07) is 5.42. The van der Waals surface area contributed by atoms with Gasteiger partial charge >= 0.3 is 0 Å². The molecule has 0 spiro atoms. The predicted molar refractivity (Wildman–Crippen MR) is 117 cm³/mol. The summed E-state index contributed by atoms with van der Waals surface area (Å²) < 4.78 is 1.83. The van der Waals surface area contributed by atoms with Crippen LogP contribution in [-0.4, -0.2) is 38.7 Å². The van der Waals surface area contributed by atoms with Gasteiger partial charge in [-0.15, -0.1) is 11.3 Å². The molecule has 1 aromatic carbocycles. The molecule has 1 aliphatic rings. The van der Waals surface area contributed by atoms with Crippen LogP contribution in [-0.2, 0) is 11.2 Å². The molecule has 5 nitrogen and oxygen atoms in total. The minimum atomic E-state index is 0.145. The van der Waals surface area contributed by atoms with Crippen LogP contribution in [0.3, 0.4) is 0 Å². The Kier molecular flexibility index (Phi) is 5.95. The van der Waals surface area contributed by atoms with Crippen LogP contribution in [0.4, 0.5) is 0 Å². The standard InChI is InChI=1S/C21H22Cl2N4OS/c1-13-17(14(2)27(25-13)16-5-6-18(22)19(23)10-16)11-20(28)26-8-3-4-15(12-26)21-24-7-9-29-21/h5-7,9-10,15H,3-4,8,11-12H2,1-2H3. The van der Waals surface area contributed by atoms with Crippen molar-refractivity contribution in [3.8, 4) is 5.69 Å². The number of aryl methyl sites for hydroxylation is 1. The SMILES string of the molecule is Cc1nn(-c2ccc(Cl)c(Cl)c2)c(C)c1CC(=O)N1CCCC(c2nccs2)C1. The van der Waals surface area contributed by atoms with Gasteiger partial charge in [-0.25, -0.2) is 9.67 Å². The molecule has 1 atom stereocenters. The van der Waals surface area contributed by atoms with Gasteiger partial charge in [-0.3, -0.25) is 4.79 Å². The lowest BCUT2D eigenvalue weighted by atomic mass is 9.98. The van der Waals surface area contributed by atoms with Crippen LogP contribution in [0.25, 0.3) is 5.69 Å². The second-order valence-corrected chi connectivity index (χ2v) is 9.13. The molecule has 0 N–H and O–H groups in total. The zero-order valence-electron chi connectivity index (χ0n) is 16.4. The number of likely N-dealkylation sites (tertiary alicyclic amines) is 1. The number of benzene rings is 1. The van der Waals surface area contributed by atoms with Gasteiger partial charge in [0.2, 0.25) is 5.91 Å². The third-order valence-corrected chi connectivity index (χ3v) is 7.17. The van der Waals surface area contributed by atoms with Gasteiger partial charge in [0.25, 0.3) is 0 Å². The molecule has 0 saturated carbocycles. The van der Waals surface area contributed by atoms with E-state index in [-0.39, 0.29) is 5.91 Å². The summed E-state index contributed by atoms with van der Waals surface area (Å²) in [5, 5.41) is 8.76. The predicted octanol–water partition coefficient (Wildman–Crippen LogP) is 5.20. The molecular weight excluding hydrogens is 427 g/mol. The molecular formula is C21H22Cl2N4OS. The lowest BCUT2D eigenvalue weighted by Crippen LogP contribution is -2.40. The largest absolute Gasteiger partial charge is 0.342 e. The van der Waals surface area contributed by atoms with Crippen molar-refractivity contribution in [3.05, 3.63) is 61.8 Å². The van der Waals surface area contributed by atoms with Crippen molar-refractivity contribution in [1.29, 1.82) is 0 Å². The van der Waals surface area contributed by atoms with Crippen molar-refractivity contribution in [3.63, 3.8) is 0 Å². The van der Waals surface area contributed by atoms with E-state index in [4.69, 9.17) is 23.2 Å². The summed E-state index contributed by atoms with van der Waals surface area (Å²) in [6.45, 7) is 5.48. The Bertz CT molecular complexity index is 1030. The number of aromatic nitrogens is 3. The molecule has 4 rings (SSSR count). The van der Waals surface area contributed by atoms with Crippen molar-refractivity contribution >= 4 is 40.4 Å². The maximum Gasteiger partial charge on any atom is 0.227 e. The molecule has 1 unspecified atom stereocenters. The first-order chi connectivity index (χ1) is 13.9. The highest BCUT2D eigenvalue weighted by Gasteiger charge is 2.27. The van der Waals surface area contributed by atoms with Crippen LogP contribution in [0.2, 0.25) is 10.0 Å². The number of halogens is 2. The van der Waals surface area contributed by atoms with Crippen LogP contribution in [0.5, 0.6) is 0 Å². The lowest BCUT2D eigenvalue weighted by Gasteiger charge is -2.32. The molecule has 0 radical (unpaired) electrons. The maximum atomic E-state index is 13.1. The number of amides is 1. The summed E-state index contributed by atoms with van der Waals surface area (Å²) in [7, 11) is 0. The minimum Gasteiger partial charge on any atom is -0.342 e. The van der Waals surface area contributed by atoms with Crippen LogP contribution in [0.1, 0.15) is 40.7 Å². The van der Waals surface area contributed by atoms with Crippen molar-refractivity contribution in [2.24, 2.45) is 0 Å². The molecule has 1 aliphatic heterocycles. The fraction of sp³-hybridized carbons (Fsp3) is 0.381. The average molecular weight is 449 g/mol. The Morgan fingerprint density at radius 3 is 2.83 bits per heavy atom.